The molecule has 1 fully saturated rings. The minimum atomic E-state index is -1.01. The van der Waals surface area contributed by atoms with E-state index in [0.717, 1.165) is 6.07 Å². The number of fused-ring (bicyclic) bond motifs is 2. The second kappa shape index (κ2) is 8.46. The number of hydrogen-bond acceptors (Lipinski definition) is 5. The zero-order chi connectivity index (χ0) is 20.9. The van der Waals surface area contributed by atoms with E-state index in [1.165, 1.54) is 21.7 Å². The fraction of sp³-hybridized carbons (Fsp3) is 0.316. The van der Waals surface area contributed by atoms with E-state index in [9.17, 15) is 28.3 Å². The summed E-state index contributed by atoms with van der Waals surface area (Å²) >= 11 is 0. The first-order valence-corrected chi connectivity index (χ1v) is 8.90. The molecule has 30 heavy (non-hydrogen) atoms. The molecule has 152 valence electrons. The Hall–Kier alpha value is -2.27. The van der Waals surface area contributed by atoms with E-state index in [2.05, 4.69) is 5.32 Å². The fourth-order valence-corrected chi connectivity index (χ4v) is 3.57. The maximum atomic E-state index is 13.7. The van der Waals surface area contributed by atoms with Gasteiger partial charge in [0.2, 0.25) is 5.43 Å². The van der Waals surface area contributed by atoms with Gasteiger partial charge in [-0.05, 0) is 13.0 Å². The van der Waals surface area contributed by atoms with Crippen molar-refractivity contribution in [2.24, 2.45) is 0 Å². The Labute approximate surface area is 191 Å². The average molecular weight is 428 g/mol. The molecule has 2 aromatic rings. The Morgan fingerprint density at radius 1 is 1.33 bits per heavy atom. The van der Waals surface area contributed by atoms with E-state index in [1.807, 2.05) is 0 Å². The summed E-state index contributed by atoms with van der Waals surface area (Å²) in [6.07, 6.45) is 0.617. The van der Waals surface area contributed by atoms with Gasteiger partial charge in [0, 0.05) is 24.4 Å². The summed E-state index contributed by atoms with van der Waals surface area (Å²) in [6, 6.07) is 2.70. The van der Waals surface area contributed by atoms with Gasteiger partial charge in [0.1, 0.15) is 17.2 Å². The molecular formula is C19H17F2N3NaO5+. The van der Waals surface area contributed by atoms with Crippen molar-refractivity contribution in [2.75, 3.05) is 6.61 Å². The van der Waals surface area contributed by atoms with Crippen LogP contribution in [0.3, 0.4) is 0 Å². The van der Waals surface area contributed by atoms with Crippen LogP contribution in [0.5, 0.6) is 5.75 Å². The van der Waals surface area contributed by atoms with Gasteiger partial charge in [-0.15, -0.1) is 0 Å². The second-order valence-corrected chi connectivity index (χ2v) is 6.99. The van der Waals surface area contributed by atoms with Crippen molar-refractivity contribution in [1.29, 1.82) is 0 Å². The molecule has 0 unspecified atom stereocenters. The Bertz CT molecular complexity index is 1090. The molecule has 0 saturated carbocycles. The van der Waals surface area contributed by atoms with E-state index in [4.69, 9.17) is 4.74 Å². The van der Waals surface area contributed by atoms with Crippen molar-refractivity contribution in [1.82, 2.24) is 14.8 Å². The third-order valence-corrected chi connectivity index (χ3v) is 5.06. The smallest absolute Gasteiger partial charge is 0.503 e. The van der Waals surface area contributed by atoms with Crippen LogP contribution >= 0.6 is 0 Å². The van der Waals surface area contributed by atoms with Crippen molar-refractivity contribution in [2.45, 2.75) is 32.3 Å². The van der Waals surface area contributed by atoms with Gasteiger partial charge in [0.05, 0.1) is 19.2 Å². The van der Waals surface area contributed by atoms with Gasteiger partial charge in [0.15, 0.2) is 17.7 Å². The summed E-state index contributed by atoms with van der Waals surface area (Å²) in [5.74, 6) is -3.83. The fourth-order valence-electron chi connectivity index (χ4n) is 3.57. The van der Waals surface area contributed by atoms with Crippen molar-refractivity contribution in [3.05, 3.63) is 63.1 Å². The molecule has 0 bridgehead atoms. The number of benzene rings is 1. The van der Waals surface area contributed by atoms with E-state index >= 15 is 0 Å². The molecule has 2 aliphatic rings. The zero-order valence-electron chi connectivity index (χ0n) is 16.3. The van der Waals surface area contributed by atoms with Crippen LogP contribution in [-0.2, 0) is 17.8 Å². The van der Waals surface area contributed by atoms with Crippen LogP contribution in [0.1, 0.15) is 33.3 Å². The Morgan fingerprint density at radius 3 is 2.77 bits per heavy atom. The summed E-state index contributed by atoms with van der Waals surface area (Å²) in [4.78, 5) is 39.1. The summed E-state index contributed by atoms with van der Waals surface area (Å²) in [7, 11) is 0. The molecule has 1 saturated heterocycles. The minimum Gasteiger partial charge on any atom is -0.503 e. The molecule has 1 aromatic heterocycles. The normalized spacial score (nSPS) is 19.7. The second-order valence-electron chi connectivity index (χ2n) is 6.99. The molecule has 0 aliphatic carbocycles. The van der Waals surface area contributed by atoms with Crippen LogP contribution in [0.2, 0.25) is 0 Å². The van der Waals surface area contributed by atoms with Crippen molar-refractivity contribution in [3.8, 4) is 5.75 Å². The van der Waals surface area contributed by atoms with E-state index in [0.29, 0.717) is 12.7 Å². The summed E-state index contributed by atoms with van der Waals surface area (Å²) in [5, 5.41) is 12.7. The van der Waals surface area contributed by atoms with E-state index in [-0.39, 0.29) is 59.9 Å². The first-order valence-electron chi connectivity index (χ1n) is 8.90. The van der Waals surface area contributed by atoms with Crippen LogP contribution in [-0.4, -0.2) is 45.3 Å². The monoisotopic (exact) mass is 428 g/mol. The summed E-state index contributed by atoms with van der Waals surface area (Å²) < 4.78 is 33.6. The van der Waals surface area contributed by atoms with Crippen LogP contribution < -0.4 is 40.3 Å². The predicted octanol–water partition coefficient (Wildman–Crippen LogP) is -2.03. The number of carbonyl (C=O) groups excluding carboxylic acids is 2. The van der Waals surface area contributed by atoms with E-state index < -0.39 is 46.4 Å². The van der Waals surface area contributed by atoms with Gasteiger partial charge in [0.25, 0.3) is 11.8 Å². The average Bonchev–Trinajstić information content (AvgIpc) is 3.04. The molecule has 2 N–H and O–H groups in total. The standard InChI is InChI=1S/C19H17F2N3O5.Na/c1-9-8-29-14-7-23-6-12(16(25)17(26)15(23)19(28)24(9)14)18(27)22-5-10-2-3-11(20)4-13(10)21;/h2-4,6,9,14,26H,5,7-8H2,1H3,(H,22,27);/q;+1/t9-,14+;/m0./s1. The Kier molecular flexibility index (Phi) is 6.32. The number of pyridine rings is 1. The molecule has 3 heterocycles. The van der Waals surface area contributed by atoms with Gasteiger partial charge in [-0.2, -0.15) is 0 Å². The number of rotatable bonds is 3. The zero-order valence-corrected chi connectivity index (χ0v) is 18.3. The number of halogens is 2. The van der Waals surface area contributed by atoms with Crippen LogP contribution in [0.25, 0.3) is 0 Å². The number of carbonyl (C=O) groups is 2. The number of aromatic hydroxyl groups is 1. The molecule has 0 radical (unpaired) electrons. The van der Waals surface area contributed by atoms with Gasteiger partial charge in [-0.3, -0.25) is 14.4 Å². The number of nitrogens with one attached hydrogen (secondary N) is 1. The first kappa shape index (κ1) is 22.4. The molecule has 2 atom stereocenters. The molecule has 2 amide bonds. The number of nitrogens with zero attached hydrogens (tertiary/aromatic N) is 2. The summed E-state index contributed by atoms with van der Waals surface area (Å²) in [6.45, 7) is 1.97. The molecule has 2 aliphatic heterocycles. The Morgan fingerprint density at radius 2 is 2.07 bits per heavy atom. The summed E-state index contributed by atoms with van der Waals surface area (Å²) in [5.41, 5.74) is -1.58. The van der Waals surface area contributed by atoms with Crippen LogP contribution in [0, 0.1) is 11.6 Å². The number of amides is 2. The van der Waals surface area contributed by atoms with Crippen LogP contribution in [0.15, 0.2) is 29.2 Å². The van der Waals surface area contributed by atoms with E-state index in [1.54, 1.807) is 6.92 Å². The van der Waals surface area contributed by atoms with Crippen molar-refractivity contribution < 1.29 is 57.8 Å². The Balaban J connectivity index is 0.00000256. The third-order valence-electron chi connectivity index (χ3n) is 5.06. The van der Waals surface area contributed by atoms with Crippen molar-refractivity contribution >= 4 is 11.8 Å². The quantitative estimate of drug-likeness (QED) is 0.550. The van der Waals surface area contributed by atoms with Gasteiger partial charge in [-0.25, -0.2) is 8.78 Å². The van der Waals surface area contributed by atoms with Crippen molar-refractivity contribution in [3.63, 3.8) is 0 Å². The predicted molar refractivity (Wildman–Crippen MR) is 95.3 cm³/mol. The van der Waals surface area contributed by atoms with Gasteiger partial charge in [-0.1, -0.05) is 6.07 Å². The topological polar surface area (TPSA) is 101 Å². The number of aromatic nitrogens is 1. The first-order chi connectivity index (χ1) is 13.8. The molecule has 11 heteroatoms. The van der Waals surface area contributed by atoms with Gasteiger partial charge >= 0.3 is 29.6 Å². The maximum Gasteiger partial charge on any atom is 1.00 e. The molecule has 4 rings (SSSR count). The molecular weight excluding hydrogens is 411 g/mol. The SMILES string of the molecule is C[C@H]1CO[C@@H]2Cn3cc(C(=O)NCc4ccc(F)cc4F)c(=O)c(O)c3C(=O)N12.[Na+]. The van der Waals surface area contributed by atoms with Crippen LogP contribution in [0.4, 0.5) is 8.78 Å². The number of ether oxygens (including phenoxy) is 1. The molecule has 8 nitrogen and oxygen atoms in total. The molecule has 0 spiro atoms. The maximum absolute atomic E-state index is 13.7. The largest absolute Gasteiger partial charge is 1.00 e. The minimum absolute atomic E-state index is 0. The third kappa shape index (κ3) is 3.76. The molecule has 1 aromatic carbocycles. The van der Waals surface area contributed by atoms with Gasteiger partial charge < -0.3 is 24.6 Å². The number of hydrogen-bond donors (Lipinski definition) is 2.